The van der Waals surface area contributed by atoms with Gasteiger partial charge < -0.3 is 10.5 Å². The van der Waals surface area contributed by atoms with E-state index in [0.29, 0.717) is 0 Å². The molecule has 0 spiro atoms. The fourth-order valence-corrected chi connectivity index (χ4v) is 0.749. The molecule has 1 heterocycles. The Morgan fingerprint density at radius 1 is 1.43 bits per heavy atom. The molecule has 0 aromatic carbocycles. The van der Waals surface area contributed by atoms with Gasteiger partial charge in [0.15, 0.2) is 11.8 Å². The van der Waals surface area contributed by atoms with Crippen LogP contribution < -0.4 is 10.5 Å². The van der Waals surface area contributed by atoms with Crippen LogP contribution in [0.15, 0.2) is 6.33 Å². The maximum atomic E-state index is 11.7. The second kappa shape index (κ2) is 3.87. The SMILES string of the molecule is Nc1c(Cl)ncnc1OCC(F)(F)F. The zero-order valence-electron chi connectivity index (χ0n) is 6.68. The third kappa shape index (κ3) is 2.91. The van der Waals surface area contributed by atoms with Gasteiger partial charge in [-0.2, -0.15) is 18.2 Å². The average molecular weight is 228 g/mol. The Morgan fingerprint density at radius 2 is 2.07 bits per heavy atom. The number of ether oxygens (including phenoxy) is 1. The maximum Gasteiger partial charge on any atom is 0.422 e. The first-order valence-electron chi connectivity index (χ1n) is 3.35. The molecular weight excluding hydrogens is 223 g/mol. The summed E-state index contributed by atoms with van der Waals surface area (Å²) in [4.78, 5) is 6.85. The van der Waals surface area contributed by atoms with E-state index in [1.165, 1.54) is 0 Å². The summed E-state index contributed by atoms with van der Waals surface area (Å²) in [5.74, 6) is -0.373. The number of aromatic nitrogens is 2. The van der Waals surface area contributed by atoms with Gasteiger partial charge in [0.1, 0.15) is 12.0 Å². The lowest BCUT2D eigenvalue weighted by Crippen LogP contribution is -2.20. The predicted molar refractivity (Wildman–Crippen MR) is 43.0 cm³/mol. The summed E-state index contributed by atoms with van der Waals surface area (Å²) in [6, 6.07) is 0. The molecule has 1 aromatic rings. The van der Waals surface area contributed by atoms with Crippen LogP contribution in [0.3, 0.4) is 0 Å². The Labute approximate surface area is 81.9 Å². The van der Waals surface area contributed by atoms with Gasteiger partial charge in [0.05, 0.1) is 0 Å². The lowest BCUT2D eigenvalue weighted by atomic mass is 10.5. The van der Waals surface area contributed by atoms with Gasteiger partial charge in [-0.15, -0.1) is 0 Å². The van der Waals surface area contributed by atoms with Gasteiger partial charge in [-0.3, -0.25) is 0 Å². The molecule has 8 heteroatoms. The highest BCUT2D eigenvalue weighted by Gasteiger charge is 2.29. The Kier molecular flexibility index (Phi) is 3.00. The van der Waals surface area contributed by atoms with Gasteiger partial charge in [0, 0.05) is 0 Å². The van der Waals surface area contributed by atoms with Crippen molar-refractivity contribution in [3.05, 3.63) is 11.5 Å². The monoisotopic (exact) mass is 227 g/mol. The first kappa shape index (κ1) is 10.8. The number of anilines is 1. The fraction of sp³-hybridized carbons (Fsp3) is 0.333. The fourth-order valence-electron chi connectivity index (χ4n) is 0.625. The number of hydrogen-bond acceptors (Lipinski definition) is 4. The van der Waals surface area contributed by atoms with E-state index in [4.69, 9.17) is 17.3 Å². The standard InChI is InChI=1S/C6H5ClF3N3O/c7-4-3(11)5(13-2-12-4)14-1-6(8,9)10/h2H,1,11H2. The summed E-state index contributed by atoms with van der Waals surface area (Å²) in [5, 5.41) is -0.142. The van der Waals surface area contributed by atoms with E-state index in [1.54, 1.807) is 0 Å². The molecule has 1 rings (SSSR count). The van der Waals surface area contributed by atoms with Crippen molar-refractivity contribution in [2.24, 2.45) is 0 Å². The van der Waals surface area contributed by atoms with Gasteiger partial charge in [-0.25, -0.2) is 4.98 Å². The van der Waals surface area contributed by atoms with E-state index in [9.17, 15) is 13.2 Å². The Bertz CT molecular complexity index is 331. The first-order chi connectivity index (χ1) is 6.40. The molecular formula is C6H5ClF3N3O. The molecule has 0 unspecified atom stereocenters. The van der Waals surface area contributed by atoms with Crippen molar-refractivity contribution in [2.45, 2.75) is 6.18 Å². The molecule has 0 fully saturated rings. The summed E-state index contributed by atoms with van der Waals surface area (Å²) < 4.78 is 39.5. The second-order valence-electron chi connectivity index (χ2n) is 2.29. The minimum absolute atomic E-state index is 0.142. The van der Waals surface area contributed by atoms with Crippen molar-refractivity contribution in [1.82, 2.24) is 9.97 Å². The third-order valence-corrected chi connectivity index (χ3v) is 1.47. The van der Waals surface area contributed by atoms with Crippen LogP contribution in [0.5, 0.6) is 5.88 Å². The van der Waals surface area contributed by atoms with Crippen LogP contribution in [0.2, 0.25) is 5.15 Å². The number of nitrogens with zero attached hydrogens (tertiary/aromatic N) is 2. The van der Waals surface area contributed by atoms with Crippen molar-refractivity contribution in [3.63, 3.8) is 0 Å². The van der Waals surface area contributed by atoms with Crippen LogP contribution in [-0.2, 0) is 0 Å². The van der Waals surface area contributed by atoms with Crippen LogP contribution in [0.1, 0.15) is 0 Å². The highest BCUT2D eigenvalue weighted by atomic mass is 35.5. The largest absolute Gasteiger partial charge is 0.466 e. The van der Waals surface area contributed by atoms with Gasteiger partial charge >= 0.3 is 6.18 Å². The smallest absolute Gasteiger partial charge is 0.422 e. The van der Waals surface area contributed by atoms with E-state index in [0.717, 1.165) is 6.33 Å². The molecule has 0 saturated carbocycles. The molecule has 0 atom stereocenters. The number of rotatable bonds is 2. The Hall–Kier alpha value is -1.24. The molecule has 0 amide bonds. The number of alkyl halides is 3. The van der Waals surface area contributed by atoms with Crippen LogP contribution in [0.25, 0.3) is 0 Å². The van der Waals surface area contributed by atoms with E-state index in [-0.39, 0.29) is 16.7 Å². The quantitative estimate of drug-likeness (QED) is 0.781. The van der Waals surface area contributed by atoms with Gasteiger partial charge in [-0.1, -0.05) is 11.6 Å². The second-order valence-corrected chi connectivity index (χ2v) is 2.65. The Morgan fingerprint density at radius 3 is 2.64 bits per heavy atom. The first-order valence-corrected chi connectivity index (χ1v) is 3.73. The lowest BCUT2D eigenvalue weighted by molar-refractivity contribution is -0.153. The number of halogens is 4. The van der Waals surface area contributed by atoms with Crippen LogP contribution in [-0.4, -0.2) is 22.8 Å². The molecule has 14 heavy (non-hydrogen) atoms. The normalized spacial score (nSPS) is 11.4. The summed E-state index contributed by atoms with van der Waals surface area (Å²) >= 11 is 5.43. The predicted octanol–water partition coefficient (Wildman–Crippen LogP) is 1.65. The molecule has 0 radical (unpaired) electrons. The molecule has 78 valence electrons. The number of nitrogen functional groups attached to an aromatic ring is 1. The van der Waals surface area contributed by atoms with Crippen molar-refractivity contribution in [3.8, 4) is 5.88 Å². The number of hydrogen-bond donors (Lipinski definition) is 1. The summed E-state index contributed by atoms with van der Waals surface area (Å²) in [6.45, 7) is -1.47. The molecule has 4 nitrogen and oxygen atoms in total. The van der Waals surface area contributed by atoms with Gasteiger partial charge in [-0.05, 0) is 0 Å². The zero-order chi connectivity index (χ0) is 10.8. The van der Waals surface area contributed by atoms with Crippen molar-refractivity contribution in [1.29, 1.82) is 0 Å². The van der Waals surface area contributed by atoms with E-state index >= 15 is 0 Å². The zero-order valence-corrected chi connectivity index (χ0v) is 7.43. The lowest BCUT2D eigenvalue weighted by Gasteiger charge is -2.09. The van der Waals surface area contributed by atoms with Crippen molar-refractivity contribution in [2.75, 3.05) is 12.3 Å². The minimum Gasteiger partial charge on any atom is -0.466 e. The molecule has 0 aliphatic rings. The molecule has 1 aromatic heterocycles. The van der Waals surface area contributed by atoms with Gasteiger partial charge in [0.2, 0.25) is 5.88 Å². The van der Waals surface area contributed by atoms with E-state index < -0.39 is 12.8 Å². The van der Waals surface area contributed by atoms with Crippen molar-refractivity contribution >= 4 is 17.3 Å². The topological polar surface area (TPSA) is 61.0 Å². The van der Waals surface area contributed by atoms with Gasteiger partial charge in [0.25, 0.3) is 0 Å². The average Bonchev–Trinajstić information content (AvgIpc) is 2.06. The Balaban J connectivity index is 2.73. The highest BCUT2D eigenvalue weighted by molar-refractivity contribution is 6.32. The van der Waals surface area contributed by atoms with Crippen LogP contribution >= 0.6 is 11.6 Å². The third-order valence-electron chi connectivity index (χ3n) is 1.17. The highest BCUT2D eigenvalue weighted by Crippen LogP contribution is 2.25. The van der Waals surface area contributed by atoms with E-state index in [2.05, 4.69) is 14.7 Å². The van der Waals surface area contributed by atoms with E-state index in [1.807, 2.05) is 0 Å². The van der Waals surface area contributed by atoms with Crippen LogP contribution in [0.4, 0.5) is 18.9 Å². The number of nitrogens with two attached hydrogens (primary N) is 1. The minimum atomic E-state index is -4.44. The summed E-state index contributed by atoms with van der Waals surface area (Å²) in [5.41, 5.74) is 5.05. The molecule has 0 bridgehead atoms. The van der Waals surface area contributed by atoms with Crippen LogP contribution in [0, 0.1) is 0 Å². The molecule has 2 N–H and O–H groups in total. The molecule has 0 aliphatic carbocycles. The maximum absolute atomic E-state index is 11.7. The summed E-state index contributed by atoms with van der Waals surface area (Å²) in [6.07, 6.45) is -3.48. The molecule has 0 saturated heterocycles. The summed E-state index contributed by atoms with van der Waals surface area (Å²) in [7, 11) is 0. The molecule has 0 aliphatic heterocycles. The van der Waals surface area contributed by atoms with Crippen molar-refractivity contribution < 1.29 is 17.9 Å².